The van der Waals surface area contributed by atoms with Crippen LogP contribution in [0.2, 0.25) is 5.28 Å². The second-order valence-corrected chi connectivity index (χ2v) is 6.02. The predicted molar refractivity (Wildman–Crippen MR) is 73.7 cm³/mol. The fourth-order valence-electron chi connectivity index (χ4n) is 1.63. The summed E-state index contributed by atoms with van der Waals surface area (Å²) in [5.41, 5.74) is 0. The maximum Gasteiger partial charge on any atom is 0.231 e. The summed E-state index contributed by atoms with van der Waals surface area (Å²) in [7, 11) is -0.712. The van der Waals surface area contributed by atoms with Crippen molar-refractivity contribution in [1.82, 2.24) is 15.0 Å². The van der Waals surface area contributed by atoms with E-state index < -0.39 is 10.8 Å². The summed E-state index contributed by atoms with van der Waals surface area (Å²) in [5, 5.41) is 3.28. The van der Waals surface area contributed by atoms with Crippen LogP contribution in [-0.2, 0) is 10.8 Å². The number of anilines is 2. The molecule has 1 fully saturated rings. The van der Waals surface area contributed by atoms with Gasteiger partial charge in [-0.15, -0.1) is 0 Å². The fraction of sp³-hybridized carbons (Fsp3) is 0.700. The molecule has 0 radical (unpaired) electrons. The highest BCUT2D eigenvalue weighted by molar-refractivity contribution is 7.85. The van der Waals surface area contributed by atoms with E-state index in [-0.39, 0.29) is 5.28 Å². The molecular weight excluding hydrogens is 274 g/mol. The molecule has 1 aromatic heterocycles. The lowest BCUT2D eigenvalue weighted by molar-refractivity contribution is 0.671. The lowest BCUT2D eigenvalue weighted by atomic mass is 10.5. The lowest BCUT2D eigenvalue weighted by Crippen LogP contribution is -2.38. The third-order valence-electron chi connectivity index (χ3n) is 2.59. The highest BCUT2D eigenvalue weighted by Gasteiger charge is 2.18. The summed E-state index contributed by atoms with van der Waals surface area (Å²) in [5.74, 6) is 2.37. The second kappa shape index (κ2) is 6.29. The van der Waals surface area contributed by atoms with Gasteiger partial charge in [-0.25, -0.2) is 0 Å². The van der Waals surface area contributed by atoms with Crippen molar-refractivity contribution in [2.45, 2.75) is 13.3 Å². The zero-order valence-electron chi connectivity index (χ0n) is 10.2. The van der Waals surface area contributed by atoms with Gasteiger partial charge in [0.2, 0.25) is 17.2 Å². The molecule has 0 saturated carbocycles. The van der Waals surface area contributed by atoms with E-state index in [1.165, 1.54) is 0 Å². The molecule has 1 aliphatic rings. The molecule has 1 N–H and O–H groups in total. The molecule has 0 atom stereocenters. The Balaban J connectivity index is 2.11. The van der Waals surface area contributed by atoms with Crippen molar-refractivity contribution in [2.75, 3.05) is 41.4 Å². The van der Waals surface area contributed by atoms with Crippen molar-refractivity contribution in [1.29, 1.82) is 0 Å². The molecule has 0 spiro atoms. The Kier molecular flexibility index (Phi) is 4.71. The second-order valence-electron chi connectivity index (χ2n) is 3.99. The Hall–Kier alpha value is -0.950. The van der Waals surface area contributed by atoms with E-state index in [2.05, 4.69) is 27.2 Å². The summed E-state index contributed by atoms with van der Waals surface area (Å²) >= 11 is 5.89. The zero-order chi connectivity index (χ0) is 13.0. The molecule has 0 unspecified atom stereocenters. The molecule has 2 rings (SSSR count). The van der Waals surface area contributed by atoms with Crippen LogP contribution in [-0.4, -0.2) is 50.3 Å². The average molecular weight is 290 g/mol. The van der Waals surface area contributed by atoms with Crippen molar-refractivity contribution in [3.63, 3.8) is 0 Å². The number of aromatic nitrogens is 3. The van der Waals surface area contributed by atoms with Crippen LogP contribution >= 0.6 is 11.6 Å². The standard InChI is InChI=1S/C10H16ClN5OS/c1-2-3-12-9-13-8(11)14-10(15-9)16-4-6-18(17)7-5-16/h2-7H2,1H3,(H,12,13,14,15). The maximum absolute atomic E-state index is 11.3. The number of rotatable bonds is 4. The van der Waals surface area contributed by atoms with Crippen molar-refractivity contribution in [3.05, 3.63) is 5.28 Å². The van der Waals surface area contributed by atoms with Gasteiger partial charge < -0.3 is 10.2 Å². The number of halogens is 1. The zero-order valence-corrected chi connectivity index (χ0v) is 11.8. The minimum atomic E-state index is -0.712. The van der Waals surface area contributed by atoms with Gasteiger partial charge in [0.15, 0.2) is 0 Å². The van der Waals surface area contributed by atoms with Crippen LogP contribution < -0.4 is 10.2 Å². The topological polar surface area (TPSA) is 71.0 Å². The molecule has 6 nitrogen and oxygen atoms in total. The first-order valence-corrected chi connectivity index (χ1v) is 7.81. The quantitative estimate of drug-likeness (QED) is 0.889. The molecule has 0 aliphatic carbocycles. The van der Waals surface area contributed by atoms with Gasteiger partial charge >= 0.3 is 0 Å². The van der Waals surface area contributed by atoms with Crippen LogP contribution in [0.15, 0.2) is 0 Å². The van der Waals surface area contributed by atoms with Gasteiger partial charge in [0.1, 0.15) is 0 Å². The third-order valence-corrected chi connectivity index (χ3v) is 4.03. The molecule has 0 amide bonds. The molecular formula is C10H16ClN5OS. The lowest BCUT2D eigenvalue weighted by Gasteiger charge is -2.26. The Labute approximate surface area is 114 Å². The molecule has 8 heteroatoms. The summed E-state index contributed by atoms with van der Waals surface area (Å²) in [4.78, 5) is 14.5. The molecule has 1 aliphatic heterocycles. The Morgan fingerprint density at radius 1 is 1.33 bits per heavy atom. The van der Waals surface area contributed by atoms with Crippen LogP contribution in [0.1, 0.15) is 13.3 Å². The minimum absolute atomic E-state index is 0.185. The van der Waals surface area contributed by atoms with Crippen LogP contribution in [0.25, 0.3) is 0 Å². The van der Waals surface area contributed by atoms with Gasteiger partial charge in [-0.1, -0.05) is 6.92 Å². The van der Waals surface area contributed by atoms with Crippen molar-refractivity contribution >= 4 is 34.3 Å². The van der Waals surface area contributed by atoms with Crippen LogP contribution in [0.4, 0.5) is 11.9 Å². The first kappa shape index (κ1) is 13.5. The monoisotopic (exact) mass is 289 g/mol. The van der Waals surface area contributed by atoms with Gasteiger partial charge in [0, 0.05) is 41.9 Å². The average Bonchev–Trinajstić information content (AvgIpc) is 2.36. The van der Waals surface area contributed by atoms with Gasteiger partial charge in [-0.2, -0.15) is 15.0 Å². The van der Waals surface area contributed by atoms with Crippen LogP contribution in [0.5, 0.6) is 0 Å². The maximum atomic E-state index is 11.3. The van der Waals surface area contributed by atoms with Gasteiger partial charge in [0.25, 0.3) is 0 Å². The summed E-state index contributed by atoms with van der Waals surface area (Å²) in [6, 6.07) is 0. The first-order chi connectivity index (χ1) is 8.69. The van der Waals surface area contributed by atoms with E-state index in [1.54, 1.807) is 0 Å². The summed E-state index contributed by atoms with van der Waals surface area (Å²) < 4.78 is 11.3. The molecule has 18 heavy (non-hydrogen) atoms. The number of hydrogen-bond donors (Lipinski definition) is 1. The van der Waals surface area contributed by atoms with E-state index in [1.807, 2.05) is 4.90 Å². The SMILES string of the molecule is CCCNc1nc(Cl)nc(N2CCS(=O)CC2)n1. The van der Waals surface area contributed by atoms with Gasteiger partial charge in [0.05, 0.1) is 0 Å². The predicted octanol–water partition coefficient (Wildman–Crippen LogP) is 0.916. The van der Waals surface area contributed by atoms with E-state index >= 15 is 0 Å². The number of nitrogens with one attached hydrogen (secondary N) is 1. The van der Waals surface area contributed by atoms with Crippen molar-refractivity contribution < 1.29 is 4.21 Å². The molecule has 1 saturated heterocycles. The van der Waals surface area contributed by atoms with Crippen LogP contribution in [0.3, 0.4) is 0 Å². The molecule has 2 heterocycles. The van der Waals surface area contributed by atoms with Gasteiger partial charge in [-0.3, -0.25) is 4.21 Å². The van der Waals surface area contributed by atoms with Gasteiger partial charge in [-0.05, 0) is 18.0 Å². The van der Waals surface area contributed by atoms with Crippen molar-refractivity contribution in [2.24, 2.45) is 0 Å². The minimum Gasteiger partial charge on any atom is -0.354 e. The van der Waals surface area contributed by atoms with E-state index in [9.17, 15) is 4.21 Å². The first-order valence-electron chi connectivity index (χ1n) is 5.94. The molecule has 0 aromatic carbocycles. The van der Waals surface area contributed by atoms with Crippen LogP contribution in [0, 0.1) is 0 Å². The molecule has 100 valence electrons. The van der Waals surface area contributed by atoms with E-state index in [0.717, 1.165) is 13.0 Å². The number of nitrogens with zero attached hydrogens (tertiary/aromatic N) is 4. The largest absolute Gasteiger partial charge is 0.354 e. The highest BCUT2D eigenvalue weighted by atomic mass is 35.5. The summed E-state index contributed by atoms with van der Waals surface area (Å²) in [6.45, 7) is 4.25. The highest BCUT2D eigenvalue weighted by Crippen LogP contribution is 2.15. The van der Waals surface area contributed by atoms with E-state index in [4.69, 9.17) is 11.6 Å². The Morgan fingerprint density at radius 2 is 2.06 bits per heavy atom. The normalized spacial score (nSPS) is 16.9. The molecule has 1 aromatic rings. The van der Waals surface area contributed by atoms with Crippen molar-refractivity contribution in [3.8, 4) is 0 Å². The fourth-order valence-corrected chi connectivity index (χ4v) is 2.84. The molecule has 0 bridgehead atoms. The van der Waals surface area contributed by atoms with E-state index in [0.29, 0.717) is 36.5 Å². The smallest absolute Gasteiger partial charge is 0.231 e. The Morgan fingerprint density at radius 3 is 2.72 bits per heavy atom. The number of hydrogen-bond acceptors (Lipinski definition) is 6. The third kappa shape index (κ3) is 3.52. The Bertz CT molecular complexity index is 434. The summed E-state index contributed by atoms with van der Waals surface area (Å²) in [6.07, 6.45) is 0.987.